The standard InChI is InChI=1S/H3O6P/c1-4-7(5-2)6-3/h1-3H. The number of hydrogen-bond acceptors (Lipinski definition) is 6. The van der Waals surface area contributed by atoms with E-state index in [2.05, 4.69) is 14.0 Å². The average molecular weight is 130 g/mol. The van der Waals surface area contributed by atoms with Crippen molar-refractivity contribution in [1.29, 1.82) is 0 Å². The zero-order chi connectivity index (χ0) is 5.70. The molecule has 0 aromatic heterocycles. The molecule has 0 amide bonds. The monoisotopic (exact) mass is 130 g/mol. The predicted molar refractivity (Wildman–Crippen MR) is 18.1 cm³/mol. The van der Waals surface area contributed by atoms with Crippen LogP contribution in [0.1, 0.15) is 0 Å². The summed E-state index contributed by atoms with van der Waals surface area (Å²) in [4.78, 5) is 0. The molecule has 3 N–H and O–H groups in total. The molecule has 0 aromatic rings. The van der Waals surface area contributed by atoms with Crippen LogP contribution in [0.15, 0.2) is 0 Å². The molecule has 0 aromatic carbocycles. The van der Waals surface area contributed by atoms with Crippen molar-refractivity contribution in [2.24, 2.45) is 0 Å². The van der Waals surface area contributed by atoms with Crippen LogP contribution in [0, 0.1) is 0 Å². The van der Waals surface area contributed by atoms with E-state index in [1.165, 1.54) is 0 Å². The molecule has 0 heterocycles. The average Bonchev–Trinajstić information content (AvgIpc) is 1.72. The second-order valence-electron chi connectivity index (χ2n) is 0.469. The maximum Gasteiger partial charge on any atom is 0.421 e. The Morgan fingerprint density at radius 1 is 0.857 bits per heavy atom. The van der Waals surface area contributed by atoms with Crippen molar-refractivity contribution < 1.29 is 29.8 Å². The molecule has 0 rings (SSSR count). The first-order chi connectivity index (χ1) is 3.35. The molecule has 44 valence electrons. The van der Waals surface area contributed by atoms with Crippen LogP contribution in [-0.4, -0.2) is 15.8 Å². The van der Waals surface area contributed by atoms with Gasteiger partial charge in [0.2, 0.25) is 0 Å². The van der Waals surface area contributed by atoms with Crippen molar-refractivity contribution >= 4 is 8.60 Å². The fraction of sp³-hybridized carbons (Fsp3) is 0. The van der Waals surface area contributed by atoms with Crippen molar-refractivity contribution in [3.05, 3.63) is 0 Å². The normalized spacial score (nSPS) is 10.3. The van der Waals surface area contributed by atoms with Gasteiger partial charge in [-0.3, -0.25) is 0 Å². The van der Waals surface area contributed by atoms with Crippen LogP contribution >= 0.6 is 8.60 Å². The molecule has 7 heavy (non-hydrogen) atoms. The molecule has 0 radical (unpaired) electrons. The van der Waals surface area contributed by atoms with Crippen molar-refractivity contribution in [3.63, 3.8) is 0 Å². The molecule has 7 heteroatoms. The second kappa shape index (κ2) is 4.35. The summed E-state index contributed by atoms with van der Waals surface area (Å²) in [6, 6.07) is 0. The third-order valence-corrected chi connectivity index (χ3v) is 0.600. The molecule has 0 aliphatic heterocycles. The molecule has 0 spiro atoms. The minimum atomic E-state index is -2.39. The lowest BCUT2D eigenvalue weighted by molar-refractivity contribution is -0.257. The summed E-state index contributed by atoms with van der Waals surface area (Å²) in [6.45, 7) is 0. The van der Waals surface area contributed by atoms with E-state index >= 15 is 0 Å². The van der Waals surface area contributed by atoms with E-state index in [9.17, 15) is 0 Å². The van der Waals surface area contributed by atoms with Gasteiger partial charge in [-0.15, -0.1) is 0 Å². The molecule has 0 fully saturated rings. The SMILES string of the molecule is OOP(OO)OO. The zero-order valence-corrected chi connectivity index (χ0v) is 3.91. The zero-order valence-electron chi connectivity index (χ0n) is 3.01. The molecule has 0 bridgehead atoms. The first-order valence-corrected chi connectivity index (χ1v) is 2.19. The minimum absolute atomic E-state index is 2.39. The second-order valence-corrected chi connectivity index (χ2v) is 1.41. The van der Waals surface area contributed by atoms with Crippen LogP contribution < -0.4 is 0 Å². The lowest BCUT2D eigenvalue weighted by atomic mass is 14.9. The van der Waals surface area contributed by atoms with Crippen molar-refractivity contribution in [2.75, 3.05) is 0 Å². The maximum atomic E-state index is 7.48. The summed E-state index contributed by atoms with van der Waals surface area (Å²) >= 11 is 0. The van der Waals surface area contributed by atoms with E-state index in [0.29, 0.717) is 0 Å². The van der Waals surface area contributed by atoms with Gasteiger partial charge in [0.05, 0.1) is 0 Å². The van der Waals surface area contributed by atoms with Crippen LogP contribution in [0.5, 0.6) is 0 Å². The van der Waals surface area contributed by atoms with Crippen LogP contribution in [0.3, 0.4) is 0 Å². The molecule has 0 aliphatic carbocycles. The van der Waals surface area contributed by atoms with Gasteiger partial charge in [0.15, 0.2) is 0 Å². The first-order valence-electron chi connectivity index (χ1n) is 1.10. The Hall–Kier alpha value is 0.190. The largest absolute Gasteiger partial charge is 0.421 e. The maximum absolute atomic E-state index is 7.48. The summed E-state index contributed by atoms with van der Waals surface area (Å²) < 4.78 is 9.51. The third kappa shape index (κ3) is 2.84. The van der Waals surface area contributed by atoms with Crippen molar-refractivity contribution in [3.8, 4) is 0 Å². The van der Waals surface area contributed by atoms with E-state index in [0.717, 1.165) is 0 Å². The summed E-state index contributed by atoms with van der Waals surface area (Å²) in [5, 5.41) is 22.5. The molecule has 0 saturated heterocycles. The summed E-state index contributed by atoms with van der Waals surface area (Å²) in [5.74, 6) is 0. The van der Waals surface area contributed by atoms with E-state index in [1.807, 2.05) is 0 Å². The Morgan fingerprint density at radius 2 is 1.14 bits per heavy atom. The first kappa shape index (κ1) is 7.19. The number of hydrogen-bond donors (Lipinski definition) is 3. The summed E-state index contributed by atoms with van der Waals surface area (Å²) in [7, 11) is -2.39. The molecule has 0 atom stereocenters. The van der Waals surface area contributed by atoms with Gasteiger partial charge in [0, 0.05) is 0 Å². The van der Waals surface area contributed by atoms with Gasteiger partial charge in [0.1, 0.15) is 0 Å². The van der Waals surface area contributed by atoms with Gasteiger partial charge in [-0.2, -0.15) is 14.0 Å². The van der Waals surface area contributed by atoms with Crippen LogP contribution in [-0.2, 0) is 14.0 Å². The van der Waals surface area contributed by atoms with Gasteiger partial charge in [0.25, 0.3) is 0 Å². The predicted octanol–water partition coefficient (Wildman–Crippen LogP) is 0.682. The number of rotatable bonds is 3. The highest BCUT2D eigenvalue weighted by Gasteiger charge is 2.09. The highest BCUT2D eigenvalue weighted by atomic mass is 31.2. The van der Waals surface area contributed by atoms with Crippen LogP contribution in [0.2, 0.25) is 0 Å². The molecule has 0 saturated carbocycles. The molecule has 0 unspecified atom stereocenters. The Morgan fingerprint density at radius 3 is 1.14 bits per heavy atom. The van der Waals surface area contributed by atoms with E-state index in [-0.39, 0.29) is 0 Å². The van der Waals surface area contributed by atoms with Crippen LogP contribution in [0.4, 0.5) is 0 Å². The fourth-order valence-corrected chi connectivity index (χ4v) is 0.134. The highest BCUT2D eigenvalue weighted by molar-refractivity contribution is 7.41. The summed E-state index contributed by atoms with van der Waals surface area (Å²) in [6.07, 6.45) is 0. The van der Waals surface area contributed by atoms with E-state index in [1.54, 1.807) is 0 Å². The molecule has 6 nitrogen and oxygen atoms in total. The van der Waals surface area contributed by atoms with Crippen LogP contribution in [0.25, 0.3) is 0 Å². The van der Waals surface area contributed by atoms with Gasteiger partial charge >= 0.3 is 8.60 Å². The fourth-order valence-electron chi connectivity index (χ4n) is 0.0447. The lowest BCUT2D eigenvalue weighted by Gasteiger charge is -1.98. The third-order valence-electron chi connectivity index (χ3n) is 0.200. The Balaban J connectivity index is 2.99. The van der Waals surface area contributed by atoms with Gasteiger partial charge in [-0.1, -0.05) is 0 Å². The topological polar surface area (TPSA) is 88.4 Å². The van der Waals surface area contributed by atoms with Crippen molar-refractivity contribution in [2.45, 2.75) is 0 Å². The smallest absolute Gasteiger partial charge is 0.244 e. The lowest BCUT2D eigenvalue weighted by Crippen LogP contribution is -1.83. The molecular weight excluding hydrogens is 127 g/mol. The van der Waals surface area contributed by atoms with E-state index in [4.69, 9.17) is 15.8 Å². The highest BCUT2D eigenvalue weighted by Crippen LogP contribution is 2.34. The minimum Gasteiger partial charge on any atom is -0.244 e. The van der Waals surface area contributed by atoms with Gasteiger partial charge < -0.3 is 0 Å². The van der Waals surface area contributed by atoms with Gasteiger partial charge in [-0.25, -0.2) is 15.8 Å². The van der Waals surface area contributed by atoms with Crippen molar-refractivity contribution in [1.82, 2.24) is 0 Å². The Kier molecular flexibility index (Phi) is 4.47. The summed E-state index contributed by atoms with van der Waals surface area (Å²) in [5.41, 5.74) is 0. The Bertz CT molecular complexity index is 25.7. The molecular formula is H3O6P. The van der Waals surface area contributed by atoms with E-state index < -0.39 is 8.60 Å². The molecule has 0 aliphatic rings. The Labute approximate surface area is 39.6 Å². The quantitative estimate of drug-likeness (QED) is 0.295. The van der Waals surface area contributed by atoms with Gasteiger partial charge in [-0.05, 0) is 0 Å².